The number of aliphatic hydroxyl groups is 5. The Labute approximate surface area is 347 Å². The van der Waals surface area contributed by atoms with Crippen molar-refractivity contribution in [2.24, 2.45) is 0 Å². The standard InChI is InChI=1S/C48H85NO8/c1-3-5-7-9-11-13-14-15-16-17-18-19-20-21-22-23-24-25-26-27-28-30-32-34-36-38-44(52)49-41(42(51)37-35-33-31-29-12-10-8-6-4-2)40-56-48-47(55)46(54)45(53)43(39-50)57-48/h5,7,11,13,15-16,18-19,35,37,41-43,45-48,50-51,53-55H,3-4,6,8-10,12,14,17,20-34,36,38-40H2,1-2H3,(H,49,52)/b7-5-,13-11-,16-15-,19-18-,37-35+. The van der Waals surface area contributed by atoms with E-state index in [1.54, 1.807) is 6.08 Å². The molecule has 0 radical (unpaired) electrons. The van der Waals surface area contributed by atoms with Gasteiger partial charge >= 0.3 is 0 Å². The number of ether oxygens (including phenoxy) is 2. The van der Waals surface area contributed by atoms with Crippen LogP contribution in [-0.4, -0.2) is 87.5 Å². The fourth-order valence-corrected chi connectivity index (χ4v) is 6.91. The van der Waals surface area contributed by atoms with E-state index in [4.69, 9.17) is 9.47 Å². The molecule has 7 unspecified atom stereocenters. The van der Waals surface area contributed by atoms with Crippen LogP contribution in [0.2, 0.25) is 0 Å². The largest absolute Gasteiger partial charge is 0.394 e. The fourth-order valence-electron chi connectivity index (χ4n) is 6.91. The van der Waals surface area contributed by atoms with Crippen LogP contribution in [0, 0.1) is 0 Å². The monoisotopic (exact) mass is 804 g/mol. The number of hydrogen-bond donors (Lipinski definition) is 6. The molecule has 1 amide bonds. The van der Waals surface area contributed by atoms with Gasteiger partial charge in [-0.2, -0.15) is 0 Å². The fraction of sp³-hybridized carbons (Fsp3) is 0.771. The average Bonchev–Trinajstić information content (AvgIpc) is 3.21. The number of carbonyl (C=O) groups excluding carboxylic acids is 1. The van der Waals surface area contributed by atoms with Crippen molar-refractivity contribution in [3.8, 4) is 0 Å². The number of aliphatic hydroxyl groups excluding tert-OH is 5. The maximum atomic E-state index is 12.9. The van der Waals surface area contributed by atoms with Gasteiger partial charge in [0.15, 0.2) is 6.29 Å². The van der Waals surface area contributed by atoms with Crippen LogP contribution in [0.3, 0.4) is 0 Å². The second-order valence-electron chi connectivity index (χ2n) is 15.8. The van der Waals surface area contributed by atoms with Crippen molar-refractivity contribution in [3.05, 3.63) is 60.8 Å². The van der Waals surface area contributed by atoms with Crippen molar-refractivity contribution in [2.75, 3.05) is 13.2 Å². The number of nitrogens with one attached hydrogen (secondary N) is 1. The summed E-state index contributed by atoms with van der Waals surface area (Å²) in [5, 5.41) is 54.0. The normalized spacial score (nSPS) is 21.6. The van der Waals surface area contributed by atoms with Crippen LogP contribution < -0.4 is 5.32 Å². The van der Waals surface area contributed by atoms with Crippen molar-refractivity contribution >= 4 is 5.91 Å². The van der Waals surface area contributed by atoms with Crippen LogP contribution in [-0.2, 0) is 14.3 Å². The summed E-state index contributed by atoms with van der Waals surface area (Å²) in [5.41, 5.74) is 0. The topological polar surface area (TPSA) is 149 Å². The Kier molecular flexibility index (Phi) is 35.4. The van der Waals surface area contributed by atoms with Crippen molar-refractivity contribution < 1.29 is 39.8 Å². The van der Waals surface area contributed by atoms with Crippen LogP contribution >= 0.6 is 0 Å². The molecule has 1 fully saturated rings. The minimum absolute atomic E-state index is 0.185. The van der Waals surface area contributed by atoms with E-state index in [0.29, 0.717) is 6.42 Å². The summed E-state index contributed by atoms with van der Waals surface area (Å²) in [4.78, 5) is 12.9. The zero-order chi connectivity index (χ0) is 41.6. The Hall–Kier alpha value is -2.11. The first kappa shape index (κ1) is 52.9. The smallest absolute Gasteiger partial charge is 0.220 e. The van der Waals surface area contributed by atoms with Crippen molar-refractivity contribution in [1.82, 2.24) is 5.32 Å². The van der Waals surface area contributed by atoms with Crippen molar-refractivity contribution in [2.45, 2.75) is 224 Å². The molecule has 0 saturated carbocycles. The zero-order valence-corrected chi connectivity index (χ0v) is 36.1. The molecule has 1 aliphatic heterocycles. The second-order valence-corrected chi connectivity index (χ2v) is 15.8. The Balaban J connectivity index is 2.23. The van der Waals surface area contributed by atoms with E-state index in [2.05, 4.69) is 67.8 Å². The van der Waals surface area contributed by atoms with Crippen LogP contribution in [0.1, 0.15) is 181 Å². The molecule has 9 heteroatoms. The van der Waals surface area contributed by atoms with Gasteiger partial charge in [-0.1, -0.05) is 177 Å². The van der Waals surface area contributed by atoms with Crippen LogP contribution in [0.5, 0.6) is 0 Å². The van der Waals surface area contributed by atoms with Gasteiger partial charge in [-0.3, -0.25) is 4.79 Å². The summed E-state index contributed by atoms with van der Waals surface area (Å²) in [7, 11) is 0. The lowest BCUT2D eigenvalue weighted by molar-refractivity contribution is -0.302. The molecule has 7 atom stereocenters. The number of unbranched alkanes of at least 4 members (excludes halogenated alkanes) is 19. The van der Waals surface area contributed by atoms with Gasteiger partial charge in [-0.15, -0.1) is 0 Å². The van der Waals surface area contributed by atoms with E-state index < -0.39 is 49.5 Å². The molecular formula is C48H85NO8. The third kappa shape index (κ3) is 28.9. The first-order valence-electron chi connectivity index (χ1n) is 23.0. The Morgan fingerprint density at radius 3 is 1.61 bits per heavy atom. The zero-order valence-electron chi connectivity index (χ0n) is 36.1. The van der Waals surface area contributed by atoms with E-state index >= 15 is 0 Å². The molecule has 1 rings (SSSR count). The molecule has 0 spiro atoms. The third-order valence-corrected chi connectivity index (χ3v) is 10.6. The van der Waals surface area contributed by atoms with Crippen molar-refractivity contribution in [3.63, 3.8) is 0 Å². The van der Waals surface area contributed by atoms with Gasteiger partial charge in [0.25, 0.3) is 0 Å². The summed E-state index contributed by atoms with van der Waals surface area (Å²) in [6, 6.07) is -0.805. The van der Waals surface area contributed by atoms with Gasteiger partial charge in [0.05, 0.1) is 25.4 Å². The molecule has 0 bridgehead atoms. The predicted octanol–water partition coefficient (Wildman–Crippen LogP) is 9.61. The highest BCUT2D eigenvalue weighted by atomic mass is 16.7. The summed E-state index contributed by atoms with van der Waals surface area (Å²) in [6.07, 6.45) is 42.8. The predicted molar refractivity (Wildman–Crippen MR) is 235 cm³/mol. The Morgan fingerprint density at radius 2 is 1.09 bits per heavy atom. The van der Waals surface area contributed by atoms with Crippen LogP contribution in [0.25, 0.3) is 0 Å². The SMILES string of the molecule is CC/C=C\C/C=C\C/C=C\C/C=C\CCCCCCCCCCCCCCC(=O)NC(COC1OC(CO)C(O)C(O)C1O)C(O)/C=C/CCCCCCCCC. The summed E-state index contributed by atoms with van der Waals surface area (Å²) < 4.78 is 11.2. The van der Waals surface area contributed by atoms with Gasteiger partial charge in [0.2, 0.25) is 5.91 Å². The van der Waals surface area contributed by atoms with Gasteiger partial charge < -0.3 is 40.3 Å². The molecule has 9 nitrogen and oxygen atoms in total. The molecule has 0 aromatic rings. The molecule has 6 N–H and O–H groups in total. The third-order valence-electron chi connectivity index (χ3n) is 10.6. The first-order chi connectivity index (χ1) is 27.8. The lowest BCUT2D eigenvalue weighted by atomic mass is 9.99. The van der Waals surface area contributed by atoms with E-state index in [0.717, 1.165) is 64.2 Å². The maximum absolute atomic E-state index is 12.9. The minimum Gasteiger partial charge on any atom is -0.394 e. The molecule has 1 saturated heterocycles. The van der Waals surface area contributed by atoms with Gasteiger partial charge in [-0.05, 0) is 57.8 Å². The molecule has 1 aliphatic rings. The van der Waals surface area contributed by atoms with E-state index in [9.17, 15) is 30.3 Å². The maximum Gasteiger partial charge on any atom is 0.220 e. The summed E-state index contributed by atoms with van der Waals surface area (Å²) in [6.45, 7) is 3.61. The quantitative estimate of drug-likeness (QED) is 0.0269. The van der Waals surface area contributed by atoms with Gasteiger partial charge in [-0.25, -0.2) is 0 Å². The number of hydrogen-bond acceptors (Lipinski definition) is 8. The highest BCUT2D eigenvalue weighted by molar-refractivity contribution is 5.76. The molecule has 57 heavy (non-hydrogen) atoms. The second kappa shape index (κ2) is 38.1. The summed E-state index contributed by atoms with van der Waals surface area (Å²) >= 11 is 0. The van der Waals surface area contributed by atoms with Crippen LogP contribution in [0.4, 0.5) is 0 Å². The van der Waals surface area contributed by atoms with E-state index in [1.807, 2.05) is 6.08 Å². The number of amides is 1. The average molecular weight is 804 g/mol. The summed E-state index contributed by atoms with van der Waals surface area (Å²) in [5.74, 6) is -0.185. The molecule has 0 aliphatic carbocycles. The molecule has 0 aromatic heterocycles. The molecule has 330 valence electrons. The van der Waals surface area contributed by atoms with Crippen LogP contribution in [0.15, 0.2) is 60.8 Å². The van der Waals surface area contributed by atoms with E-state index in [-0.39, 0.29) is 12.5 Å². The number of allylic oxidation sites excluding steroid dienone is 9. The first-order valence-corrected chi connectivity index (χ1v) is 23.0. The van der Waals surface area contributed by atoms with Crippen molar-refractivity contribution in [1.29, 1.82) is 0 Å². The lowest BCUT2D eigenvalue weighted by Crippen LogP contribution is -2.60. The molecular weight excluding hydrogens is 719 g/mol. The van der Waals surface area contributed by atoms with E-state index in [1.165, 1.54) is 96.3 Å². The molecule has 0 aromatic carbocycles. The number of rotatable bonds is 37. The molecule has 1 heterocycles. The number of carbonyl (C=O) groups is 1. The highest BCUT2D eigenvalue weighted by Gasteiger charge is 2.44. The lowest BCUT2D eigenvalue weighted by Gasteiger charge is -2.40. The Bertz CT molecular complexity index is 1070. The minimum atomic E-state index is -1.57. The Morgan fingerprint density at radius 1 is 0.614 bits per heavy atom. The highest BCUT2D eigenvalue weighted by Crippen LogP contribution is 2.22. The van der Waals surface area contributed by atoms with Gasteiger partial charge in [0, 0.05) is 6.42 Å². The van der Waals surface area contributed by atoms with Gasteiger partial charge in [0.1, 0.15) is 24.4 Å².